The maximum Gasteiger partial charge on any atom is -0.0241 e. The quantitative estimate of drug-likeness (QED) is 0.501. The second kappa shape index (κ2) is 14.8. The van der Waals surface area contributed by atoms with E-state index in [4.69, 9.17) is 0 Å². The van der Waals surface area contributed by atoms with E-state index in [9.17, 15) is 0 Å². The predicted octanol–water partition coefficient (Wildman–Crippen LogP) is 6.15. The maximum atomic E-state index is 3.24. The molecule has 1 rings (SSSR count). The van der Waals surface area contributed by atoms with Crippen LogP contribution < -0.4 is 0 Å². The van der Waals surface area contributed by atoms with Gasteiger partial charge in [-0.25, -0.2) is 0 Å². The third kappa shape index (κ3) is 12.4. The summed E-state index contributed by atoms with van der Waals surface area (Å²) >= 11 is 0. The van der Waals surface area contributed by atoms with Crippen LogP contribution in [0.25, 0.3) is 0 Å². The molecule has 0 saturated heterocycles. The van der Waals surface area contributed by atoms with E-state index in [1.165, 1.54) is 0 Å². The topological polar surface area (TPSA) is 0 Å². The van der Waals surface area contributed by atoms with E-state index in [1.807, 2.05) is 103 Å². The Hall–Kier alpha value is -2.60. The third-order valence-corrected chi connectivity index (χ3v) is 2.58. The van der Waals surface area contributed by atoms with Gasteiger partial charge in [0, 0.05) is 0 Å². The summed E-state index contributed by atoms with van der Waals surface area (Å²) < 4.78 is 0. The van der Waals surface area contributed by atoms with Gasteiger partial charge in [-0.05, 0) is 18.9 Å². The molecule has 111 valence electrons. The Bertz CT molecular complexity index is 501. The van der Waals surface area contributed by atoms with Gasteiger partial charge in [-0.3, -0.25) is 0 Å². The lowest BCUT2D eigenvalue weighted by atomic mass is 10.2. The third-order valence-electron chi connectivity index (χ3n) is 2.58. The lowest BCUT2D eigenvalue weighted by Gasteiger charge is -1.83. The van der Waals surface area contributed by atoms with E-state index < -0.39 is 0 Å². The standard InChI is InChI=1S/C22H23/c1-2-4-6-8-10-12-14-16-18-20-22-21-19-17-15-13-11-9-7-5-3-1/h1-19H,20,22H2/b2-1+,5-3+,6-4-,9-7+,10-8+,13-11-,14-12+,17-15+,18-16-,21-19?. The second-order valence-electron chi connectivity index (χ2n) is 4.42. The van der Waals surface area contributed by atoms with Crippen molar-refractivity contribution in [3.05, 3.63) is 122 Å². The number of allylic oxidation sites excluding steroid dienone is 20. The van der Waals surface area contributed by atoms with Gasteiger partial charge in [0.2, 0.25) is 0 Å². The van der Waals surface area contributed by atoms with Crippen molar-refractivity contribution in [1.29, 1.82) is 0 Å². The lowest BCUT2D eigenvalue weighted by molar-refractivity contribution is 1.03. The Labute approximate surface area is 135 Å². The normalized spacial score (nSPS) is 31.3. The molecule has 0 spiro atoms. The molecule has 0 heterocycles. The van der Waals surface area contributed by atoms with Crippen LogP contribution in [-0.2, 0) is 0 Å². The van der Waals surface area contributed by atoms with Crippen LogP contribution in [0, 0.1) is 6.08 Å². The summed E-state index contributed by atoms with van der Waals surface area (Å²) in [4.78, 5) is 0. The molecule has 0 nitrogen and oxygen atoms in total. The molecule has 0 aliphatic heterocycles. The zero-order chi connectivity index (χ0) is 15.6. The van der Waals surface area contributed by atoms with Crippen LogP contribution in [0.4, 0.5) is 0 Å². The van der Waals surface area contributed by atoms with Gasteiger partial charge in [0.15, 0.2) is 0 Å². The Morgan fingerprint density at radius 2 is 0.773 bits per heavy atom. The predicted molar refractivity (Wildman–Crippen MR) is 99.3 cm³/mol. The van der Waals surface area contributed by atoms with E-state index in [0.29, 0.717) is 0 Å². The fourth-order valence-electron chi connectivity index (χ4n) is 1.51. The molecule has 0 heteroatoms. The van der Waals surface area contributed by atoms with E-state index in [2.05, 4.69) is 18.2 Å². The van der Waals surface area contributed by atoms with Crippen molar-refractivity contribution in [2.75, 3.05) is 0 Å². The zero-order valence-corrected chi connectivity index (χ0v) is 12.9. The first-order valence-corrected chi connectivity index (χ1v) is 7.55. The molecule has 0 unspecified atom stereocenters. The van der Waals surface area contributed by atoms with Gasteiger partial charge in [-0.1, -0.05) is 115 Å². The molecule has 0 N–H and O–H groups in total. The summed E-state index contributed by atoms with van der Waals surface area (Å²) in [5, 5.41) is 0. The Morgan fingerprint density at radius 1 is 0.409 bits per heavy atom. The van der Waals surface area contributed by atoms with Crippen molar-refractivity contribution in [1.82, 2.24) is 0 Å². The monoisotopic (exact) mass is 287 g/mol. The highest BCUT2D eigenvalue weighted by atomic mass is 13.8. The molecule has 1 radical (unpaired) electrons. The first-order valence-electron chi connectivity index (χ1n) is 7.55. The van der Waals surface area contributed by atoms with Crippen LogP contribution in [0.5, 0.6) is 0 Å². The Balaban J connectivity index is 2.60. The van der Waals surface area contributed by atoms with E-state index in [0.717, 1.165) is 12.8 Å². The summed E-state index contributed by atoms with van der Waals surface area (Å²) in [6.07, 6.45) is 43.5. The highest BCUT2D eigenvalue weighted by Crippen LogP contribution is 1.94. The molecular formula is C22H23. The molecular weight excluding hydrogens is 264 g/mol. The van der Waals surface area contributed by atoms with Crippen molar-refractivity contribution in [3.63, 3.8) is 0 Å². The largest absolute Gasteiger partial charge is 0.0842 e. The van der Waals surface area contributed by atoms with Crippen LogP contribution in [0.15, 0.2) is 115 Å². The molecule has 1 aliphatic rings. The summed E-state index contributed by atoms with van der Waals surface area (Å²) in [7, 11) is 0. The van der Waals surface area contributed by atoms with Gasteiger partial charge in [0.1, 0.15) is 0 Å². The van der Waals surface area contributed by atoms with E-state index >= 15 is 0 Å². The highest BCUT2D eigenvalue weighted by Gasteiger charge is 1.74. The molecule has 1 aliphatic carbocycles. The second-order valence-corrected chi connectivity index (χ2v) is 4.42. The van der Waals surface area contributed by atoms with E-state index in [-0.39, 0.29) is 0 Å². The molecule has 0 aromatic heterocycles. The molecule has 0 amide bonds. The van der Waals surface area contributed by atoms with Gasteiger partial charge in [0.05, 0.1) is 0 Å². The lowest BCUT2D eigenvalue weighted by Crippen LogP contribution is -1.64. The van der Waals surface area contributed by atoms with Crippen LogP contribution in [0.3, 0.4) is 0 Å². The van der Waals surface area contributed by atoms with Gasteiger partial charge in [0.25, 0.3) is 0 Å². The van der Waals surface area contributed by atoms with Gasteiger partial charge in [-0.15, -0.1) is 0 Å². The summed E-state index contributed by atoms with van der Waals surface area (Å²) in [5.41, 5.74) is 0. The Morgan fingerprint density at radius 3 is 1.23 bits per heavy atom. The van der Waals surface area contributed by atoms with Crippen LogP contribution >= 0.6 is 0 Å². The summed E-state index contributed by atoms with van der Waals surface area (Å²) in [6, 6.07) is 0. The average molecular weight is 287 g/mol. The molecule has 22 heavy (non-hydrogen) atoms. The summed E-state index contributed by atoms with van der Waals surface area (Å²) in [6.45, 7) is 0. The average Bonchev–Trinajstić information content (AvgIpc) is 2.53. The minimum Gasteiger partial charge on any atom is -0.0842 e. The zero-order valence-electron chi connectivity index (χ0n) is 12.9. The SMILES string of the molecule is [C]1=C/C=C/C=C\C=C\C=C\C=C\C=C/C=C/C=C/C=C\CC/1. The summed E-state index contributed by atoms with van der Waals surface area (Å²) in [5.74, 6) is 0. The minimum atomic E-state index is 0.938. The molecule has 0 aromatic rings. The smallest absolute Gasteiger partial charge is 0.0241 e. The first kappa shape index (κ1) is 17.5. The van der Waals surface area contributed by atoms with E-state index in [1.54, 1.807) is 0 Å². The fraction of sp³-hybridized carbons (Fsp3) is 0.0909. The number of hydrogen-bond acceptors (Lipinski definition) is 0. The maximum absolute atomic E-state index is 3.24. The number of hydrogen-bond donors (Lipinski definition) is 0. The van der Waals surface area contributed by atoms with Crippen molar-refractivity contribution < 1.29 is 0 Å². The van der Waals surface area contributed by atoms with Gasteiger partial charge in [-0.2, -0.15) is 0 Å². The van der Waals surface area contributed by atoms with Crippen molar-refractivity contribution in [2.45, 2.75) is 12.8 Å². The van der Waals surface area contributed by atoms with Crippen molar-refractivity contribution >= 4 is 0 Å². The Kier molecular flexibility index (Phi) is 11.7. The van der Waals surface area contributed by atoms with Gasteiger partial charge >= 0.3 is 0 Å². The first-order chi connectivity index (χ1) is 11.0. The van der Waals surface area contributed by atoms with Crippen molar-refractivity contribution in [2.24, 2.45) is 0 Å². The van der Waals surface area contributed by atoms with Gasteiger partial charge < -0.3 is 0 Å². The molecule has 0 atom stereocenters. The molecule has 0 aromatic carbocycles. The van der Waals surface area contributed by atoms with Crippen LogP contribution in [0.1, 0.15) is 12.8 Å². The number of rotatable bonds is 0. The minimum absolute atomic E-state index is 0.938. The molecule has 0 saturated carbocycles. The molecule has 0 bridgehead atoms. The van der Waals surface area contributed by atoms with Crippen LogP contribution in [-0.4, -0.2) is 0 Å². The highest BCUT2D eigenvalue weighted by molar-refractivity contribution is 5.22. The fourth-order valence-corrected chi connectivity index (χ4v) is 1.51. The molecule has 0 fully saturated rings. The van der Waals surface area contributed by atoms with Crippen LogP contribution in [0.2, 0.25) is 0 Å². The van der Waals surface area contributed by atoms with Crippen molar-refractivity contribution in [3.8, 4) is 0 Å².